The summed E-state index contributed by atoms with van der Waals surface area (Å²) in [5, 5.41) is 20.0. The van der Waals surface area contributed by atoms with Crippen LogP contribution in [0.3, 0.4) is 0 Å². The van der Waals surface area contributed by atoms with Crippen molar-refractivity contribution in [1.29, 1.82) is 0 Å². The maximum absolute atomic E-state index is 13.9. The van der Waals surface area contributed by atoms with Crippen LogP contribution in [0.5, 0.6) is 0 Å². The maximum Gasteiger partial charge on any atom is 0.508 e. The number of carboxylic acid groups (broad SMARTS) is 1. The number of aryl methyl sites for hydroxylation is 1. The van der Waals surface area contributed by atoms with E-state index in [1.54, 1.807) is 78.0 Å². The number of allylic oxidation sites excluding steroid dienone is 7. The molecule has 2 N–H and O–H groups in total. The Labute approximate surface area is 600 Å². The number of esters is 1. The van der Waals surface area contributed by atoms with Gasteiger partial charge < -0.3 is 33.9 Å². The monoisotopic (exact) mass is 1760 g/mol. The second kappa shape index (κ2) is 44.0. The van der Waals surface area contributed by atoms with Gasteiger partial charge in [0.25, 0.3) is 0 Å². The van der Waals surface area contributed by atoms with Crippen LogP contribution in [0.25, 0.3) is 6.08 Å². The maximum atomic E-state index is 13.9. The lowest BCUT2D eigenvalue weighted by atomic mass is 9.69. The van der Waals surface area contributed by atoms with Crippen LogP contribution in [-0.2, 0) is 42.9 Å². The second-order valence-electron chi connectivity index (χ2n) is 21.8. The number of ketones is 2. The molecule has 0 aliphatic rings. The van der Waals surface area contributed by atoms with E-state index in [1.165, 1.54) is 22.6 Å². The van der Waals surface area contributed by atoms with Gasteiger partial charge in [-0.25, -0.2) is 14.6 Å². The fourth-order valence-corrected chi connectivity index (χ4v) is 10.4. The normalized spacial score (nSPS) is 15.9. The summed E-state index contributed by atoms with van der Waals surface area (Å²) in [5.41, 5.74) is 0.729. The van der Waals surface area contributed by atoms with Crippen molar-refractivity contribution in [3.63, 3.8) is 0 Å². The fourth-order valence-electron chi connectivity index (χ4n) is 7.83. The van der Waals surface area contributed by atoms with E-state index in [0.29, 0.717) is 29.8 Å². The standard InChI is InChI=1S/C33H46Cl3NO6S.C19H29Cl3O6.C4H3F3I2.C4H4F3IO/c1-11-13-21(4)29(43-31(40)41-19-33(34,35)36)24(7)30(39)32(9,10)23(6)17-28(38)42-27(15-14-20(3)12-2)22(5)16-26-18-44-25(8)37-26;1-7-8-11(2)15(28-17(26)27-10-19(20,21)22)13(4)16(25)18(5,6)12(3)9-14(23)24;5-4(6,7)3(9)1-2-8;5-4(6,7)3(8)1-2-9/h11-12,14,16,18,21,23-24,27,29H,1-2,13,15,17,19H2,3-10H3;7,11-13,15H,1,8-10H2,2-6H3,(H,23,24);1H,2H2;1,9H,2H2/b20-14-,22-16+;;2*3-1-/t21-,23-,24+,27-,29-;11-,12-,13+,15-;;/m00../s1. The number of alkyl halides is 13. The molecule has 90 heavy (non-hydrogen) atoms. The Kier molecular flexibility index (Phi) is 45.1. The molecular weight excluding hydrogens is 1680 g/mol. The van der Waals surface area contributed by atoms with Gasteiger partial charge in [-0.2, -0.15) is 26.3 Å². The zero-order chi connectivity index (χ0) is 71.1. The fraction of sp³-hybridized carbons (Fsp3) is 0.617. The summed E-state index contributed by atoms with van der Waals surface area (Å²) in [5.74, 6) is -4.53. The SMILES string of the molecule is C=CC[C@H](C)[C@H](OC(=O)OCC(Cl)(Cl)Cl)[C@@H](C)C(=O)C(C)(C)[C@@H](C)CC(=O)O.C=CC[C@H](C)[C@H](OC(=O)OCC(Cl)(Cl)Cl)[C@@H](C)C(=O)C(C)(C)[C@@H](C)CC(=O)O[C@@H](C/C=C(/C)C=C)/C(C)=C/c1csc(C)n1.FC(F)(F)/C(I)=C/CI.OC/C=C(\I)C(F)(F)F. The van der Waals surface area contributed by atoms with Crippen molar-refractivity contribution in [3.8, 4) is 0 Å². The van der Waals surface area contributed by atoms with Crippen molar-refractivity contribution >= 4 is 191 Å². The van der Waals surface area contributed by atoms with Gasteiger partial charge in [0.15, 0.2) is 0 Å². The number of carboxylic acids is 1. The predicted molar refractivity (Wildman–Crippen MR) is 373 cm³/mol. The van der Waals surface area contributed by atoms with Gasteiger partial charge in [0.05, 0.1) is 36.3 Å². The summed E-state index contributed by atoms with van der Waals surface area (Å²) in [6.07, 6.45) is -0.597. The minimum absolute atomic E-state index is 0.00816. The lowest BCUT2D eigenvalue weighted by Crippen LogP contribution is -2.44. The van der Waals surface area contributed by atoms with Gasteiger partial charge in [0.2, 0.25) is 7.59 Å². The predicted octanol–water partition coefficient (Wildman–Crippen LogP) is 20.2. The molecule has 9 atom stereocenters. The second-order valence-corrected chi connectivity index (χ2v) is 31.1. The Hall–Kier alpha value is -1.90. The Bertz CT molecular complexity index is 2580. The van der Waals surface area contributed by atoms with E-state index < -0.39 is 124 Å². The summed E-state index contributed by atoms with van der Waals surface area (Å²) in [7, 11) is 0. The van der Waals surface area contributed by atoms with E-state index in [-0.39, 0.29) is 36.2 Å². The third kappa shape index (κ3) is 39.2. The number of hydrogen-bond acceptors (Lipinski definition) is 14. The Morgan fingerprint density at radius 3 is 1.37 bits per heavy atom. The molecule has 0 aromatic carbocycles. The first kappa shape index (κ1) is 92.3. The Balaban J connectivity index is -0.00000138. The number of nitrogens with zero attached hydrogens (tertiary/aromatic N) is 1. The summed E-state index contributed by atoms with van der Waals surface area (Å²) in [4.78, 5) is 80.2. The summed E-state index contributed by atoms with van der Waals surface area (Å²) < 4.78 is 91.2. The van der Waals surface area contributed by atoms with Crippen LogP contribution in [0, 0.1) is 53.3 Å². The van der Waals surface area contributed by atoms with Crippen LogP contribution >= 0.6 is 149 Å². The van der Waals surface area contributed by atoms with Crippen LogP contribution < -0.4 is 0 Å². The zero-order valence-electron chi connectivity index (χ0n) is 52.2. The highest BCUT2D eigenvalue weighted by Crippen LogP contribution is 2.39. The molecule has 1 aromatic rings. The number of thiazole rings is 1. The number of halogens is 15. The first-order valence-electron chi connectivity index (χ1n) is 27.4. The number of rotatable bonds is 30. The third-order valence-electron chi connectivity index (χ3n) is 13.7. The largest absolute Gasteiger partial charge is 0.508 e. The average Bonchev–Trinajstić information content (AvgIpc) is 1.12. The van der Waals surface area contributed by atoms with Gasteiger partial charge in [0.1, 0.15) is 43.1 Å². The van der Waals surface area contributed by atoms with Crippen LogP contribution in [0.1, 0.15) is 126 Å². The van der Waals surface area contributed by atoms with Crippen molar-refractivity contribution in [2.75, 3.05) is 24.2 Å². The van der Waals surface area contributed by atoms with Gasteiger partial charge in [-0.15, -0.1) is 24.5 Å². The molecule has 0 spiro atoms. The van der Waals surface area contributed by atoms with E-state index in [9.17, 15) is 55.1 Å². The average molecular weight is 1760 g/mol. The van der Waals surface area contributed by atoms with Gasteiger partial charge in [0, 0.05) is 39.9 Å². The van der Waals surface area contributed by atoms with Crippen molar-refractivity contribution in [2.24, 2.45) is 46.3 Å². The number of aliphatic hydroxyl groups is 1. The quantitative estimate of drug-likeness (QED) is 0.0140. The summed E-state index contributed by atoms with van der Waals surface area (Å²) in [6.45, 7) is 32.9. The molecular formula is C60H82Cl6F6I3NO13S. The lowest BCUT2D eigenvalue weighted by molar-refractivity contribution is -0.151. The minimum atomic E-state index is -4.30. The molecule has 0 aliphatic carbocycles. The molecule has 30 heteroatoms. The van der Waals surface area contributed by atoms with E-state index in [0.717, 1.165) is 50.5 Å². The van der Waals surface area contributed by atoms with Crippen molar-refractivity contribution in [1.82, 2.24) is 4.98 Å². The van der Waals surface area contributed by atoms with E-state index in [1.807, 2.05) is 81.7 Å². The molecule has 516 valence electrons. The molecule has 0 bridgehead atoms. The summed E-state index contributed by atoms with van der Waals surface area (Å²) in [6, 6.07) is 0. The van der Waals surface area contributed by atoms with Crippen molar-refractivity contribution in [2.45, 2.75) is 160 Å². The number of aliphatic carboxylic acids is 1. The smallest absolute Gasteiger partial charge is 0.481 e. The van der Waals surface area contributed by atoms with Crippen LogP contribution in [0.15, 0.2) is 79.9 Å². The molecule has 14 nitrogen and oxygen atoms in total. The number of Topliss-reactive ketones (excluding diaryl/α,β-unsaturated/α-hetero) is 2. The van der Waals surface area contributed by atoms with Crippen LogP contribution in [-0.4, -0.2) is 114 Å². The highest BCUT2D eigenvalue weighted by atomic mass is 127. The Morgan fingerprint density at radius 2 is 1.07 bits per heavy atom. The molecule has 0 radical (unpaired) electrons. The van der Waals surface area contributed by atoms with Gasteiger partial charge >= 0.3 is 36.6 Å². The van der Waals surface area contributed by atoms with Crippen molar-refractivity contribution < 1.29 is 89.0 Å². The third-order valence-corrected chi connectivity index (χ3v) is 17.7. The number of carbonyl (C=O) groups is 6. The van der Waals surface area contributed by atoms with Crippen LogP contribution in [0.2, 0.25) is 0 Å². The molecule has 1 aromatic heterocycles. The minimum Gasteiger partial charge on any atom is -0.481 e. The van der Waals surface area contributed by atoms with E-state index in [2.05, 4.69) is 24.7 Å². The Morgan fingerprint density at radius 1 is 0.667 bits per heavy atom. The lowest BCUT2D eigenvalue weighted by Gasteiger charge is -2.36. The molecule has 0 saturated heterocycles. The highest BCUT2D eigenvalue weighted by Gasteiger charge is 2.45. The molecule has 1 heterocycles. The first-order valence-corrected chi connectivity index (χ1v) is 34.2. The number of hydrogen-bond donors (Lipinski definition) is 2. The molecule has 1 rings (SSSR count). The van der Waals surface area contributed by atoms with Gasteiger partial charge in [-0.3, -0.25) is 19.2 Å². The number of aliphatic hydroxyl groups excluding tert-OH is 1. The first-order chi connectivity index (χ1) is 40.9. The van der Waals surface area contributed by atoms with E-state index in [4.69, 9.17) is 104 Å². The molecule has 0 fully saturated rings. The summed E-state index contributed by atoms with van der Waals surface area (Å²) >= 11 is 39.5. The van der Waals surface area contributed by atoms with Crippen molar-refractivity contribution in [3.05, 3.63) is 90.6 Å². The van der Waals surface area contributed by atoms with Gasteiger partial charge in [-0.05, 0) is 120 Å². The number of aromatic nitrogens is 1. The van der Waals surface area contributed by atoms with E-state index >= 15 is 0 Å². The topological polar surface area (TPSA) is 202 Å². The number of ether oxygens (including phenoxy) is 5. The number of carbonyl (C=O) groups excluding carboxylic acids is 5. The molecule has 0 aliphatic heterocycles. The molecule has 0 unspecified atom stereocenters. The van der Waals surface area contributed by atoms with Gasteiger partial charge in [-0.1, -0.05) is 204 Å². The molecule has 0 amide bonds. The highest BCUT2D eigenvalue weighted by molar-refractivity contribution is 14.1. The molecule has 0 saturated carbocycles. The zero-order valence-corrected chi connectivity index (χ0v) is 64.0. The van der Waals surface area contributed by atoms with Crippen LogP contribution in [0.4, 0.5) is 35.9 Å².